The first-order valence-electron chi connectivity index (χ1n) is 18.1. The van der Waals surface area contributed by atoms with Crippen molar-refractivity contribution >= 4 is 32.3 Å². The fourth-order valence-corrected chi connectivity index (χ4v) is 7.74. The van der Waals surface area contributed by atoms with Crippen LogP contribution in [0.25, 0.3) is 99.6 Å². The fourth-order valence-electron chi connectivity index (χ4n) is 7.74. The summed E-state index contributed by atoms with van der Waals surface area (Å²) in [4.78, 5) is 19.5. The topological polar surface area (TPSA) is 51.6 Å². The van der Waals surface area contributed by atoms with E-state index < -0.39 is 0 Å². The second-order valence-electron chi connectivity index (χ2n) is 13.5. The molecule has 0 saturated carbocycles. The number of aromatic nitrogens is 4. The first kappa shape index (κ1) is 31.4. The second-order valence-corrected chi connectivity index (χ2v) is 13.5. The van der Waals surface area contributed by atoms with Gasteiger partial charge >= 0.3 is 0 Å². The molecule has 0 bridgehead atoms. The Morgan fingerprint density at radius 1 is 0.315 bits per heavy atom. The van der Waals surface area contributed by atoms with Crippen molar-refractivity contribution < 1.29 is 0 Å². The highest BCUT2D eigenvalue weighted by Crippen LogP contribution is 2.44. The van der Waals surface area contributed by atoms with Crippen molar-refractivity contribution in [2.75, 3.05) is 0 Å². The van der Waals surface area contributed by atoms with E-state index >= 15 is 0 Å². The molecule has 0 radical (unpaired) electrons. The van der Waals surface area contributed by atoms with Gasteiger partial charge in [0.2, 0.25) is 0 Å². The molecule has 0 fully saturated rings. The standard InChI is InChI=1S/C50H32N4/c1-2-13-33(14-3-1)48-41-22-6-8-24-43(41)49(44-25-9-7-23-42(44)48)37-19-11-18-36(28-37)47-29-46(35-17-10-16-34(27-35)38-20-12-26-51-30-38)53-50(54-47)45-32-52-31-39-15-4-5-21-40(39)45/h1-32H. The highest BCUT2D eigenvalue weighted by molar-refractivity contribution is 6.21. The molecular formula is C50H32N4. The third-order valence-corrected chi connectivity index (χ3v) is 10.2. The number of hydrogen-bond donors (Lipinski definition) is 0. The lowest BCUT2D eigenvalue weighted by atomic mass is 9.85. The number of hydrogen-bond acceptors (Lipinski definition) is 4. The molecule has 10 aromatic rings. The van der Waals surface area contributed by atoms with Crippen LogP contribution >= 0.6 is 0 Å². The van der Waals surface area contributed by atoms with Crippen molar-refractivity contribution in [1.82, 2.24) is 19.9 Å². The Kier molecular flexibility index (Phi) is 7.77. The maximum atomic E-state index is 5.28. The largest absolute Gasteiger partial charge is 0.264 e. The van der Waals surface area contributed by atoms with Crippen LogP contribution in [-0.4, -0.2) is 19.9 Å². The quantitative estimate of drug-likeness (QED) is 0.163. The zero-order chi connectivity index (χ0) is 35.8. The monoisotopic (exact) mass is 688 g/mol. The van der Waals surface area contributed by atoms with E-state index in [1.54, 1.807) is 6.20 Å². The van der Waals surface area contributed by atoms with Gasteiger partial charge in [0.1, 0.15) is 0 Å². The summed E-state index contributed by atoms with van der Waals surface area (Å²) in [6, 6.07) is 60.0. The smallest absolute Gasteiger partial charge is 0.162 e. The van der Waals surface area contributed by atoms with Gasteiger partial charge in [-0.2, -0.15) is 0 Å². The van der Waals surface area contributed by atoms with Gasteiger partial charge < -0.3 is 0 Å². The van der Waals surface area contributed by atoms with Crippen molar-refractivity contribution in [3.05, 3.63) is 195 Å². The third kappa shape index (κ3) is 5.58. The first-order valence-corrected chi connectivity index (χ1v) is 18.1. The number of nitrogens with zero attached hydrogens (tertiary/aromatic N) is 4. The Morgan fingerprint density at radius 2 is 0.833 bits per heavy atom. The zero-order valence-corrected chi connectivity index (χ0v) is 29.3. The predicted molar refractivity (Wildman–Crippen MR) is 223 cm³/mol. The summed E-state index contributed by atoms with van der Waals surface area (Å²) in [6.45, 7) is 0. The van der Waals surface area contributed by atoms with Gasteiger partial charge in [-0.15, -0.1) is 0 Å². The molecule has 3 aromatic heterocycles. The lowest BCUT2D eigenvalue weighted by Crippen LogP contribution is -1.97. The van der Waals surface area contributed by atoms with Gasteiger partial charge in [-0.25, -0.2) is 9.97 Å². The third-order valence-electron chi connectivity index (χ3n) is 10.2. The van der Waals surface area contributed by atoms with Crippen molar-refractivity contribution in [2.24, 2.45) is 0 Å². The predicted octanol–water partition coefficient (Wildman–Crippen LogP) is 12.7. The van der Waals surface area contributed by atoms with E-state index in [4.69, 9.17) is 9.97 Å². The summed E-state index contributed by atoms with van der Waals surface area (Å²) >= 11 is 0. The molecule has 0 unspecified atom stereocenters. The van der Waals surface area contributed by atoms with Crippen LogP contribution in [-0.2, 0) is 0 Å². The average Bonchev–Trinajstić information content (AvgIpc) is 3.26. The van der Waals surface area contributed by atoms with E-state index in [2.05, 4.69) is 168 Å². The Hall–Kier alpha value is -7.30. The van der Waals surface area contributed by atoms with Crippen LogP contribution in [0.2, 0.25) is 0 Å². The van der Waals surface area contributed by atoms with E-state index in [-0.39, 0.29) is 0 Å². The van der Waals surface area contributed by atoms with Gasteiger partial charge in [0, 0.05) is 52.4 Å². The molecule has 0 aliphatic carbocycles. The summed E-state index contributed by atoms with van der Waals surface area (Å²) in [5.74, 6) is 0.632. The van der Waals surface area contributed by atoms with Crippen LogP contribution in [0.15, 0.2) is 195 Å². The van der Waals surface area contributed by atoms with Gasteiger partial charge in [-0.05, 0) is 79.0 Å². The molecular weight excluding hydrogens is 657 g/mol. The highest BCUT2D eigenvalue weighted by atomic mass is 14.9. The lowest BCUT2D eigenvalue weighted by molar-refractivity contribution is 1.18. The number of rotatable bonds is 6. The molecule has 252 valence electrons. The van der Waals surface area contributed by atoms with E-state index in [0.29, 0.717) is 5.82 Å². The van der Waals surface area contributed by atoms with Crippen LogP contribution in [0.3, 0.4) is 0 Å². The van der Waals surface area contributed by atoms with Gasteiger partial charge in [-0.1, -0.05) is 146 Å². The van der Waals surface area contributed by atoms with Crippen molar-refractivity contribution in [2.45, 2.75) is 0 Å². The highest BCUT2D eigenvalue weighted by Gasteiger charge is 2.18. The SMILES string of the molecule is c1ccc(-c2c3ccccc3c(-c3cccc(-c4cc(-c5cccc(-c6cccnc6)c5)nc(-c5cncc6ccccc56)n4)c3)c3ccccc23)cc1. The molecule has 0 saturated heterocycles. The maximum absolute atomic E-state index is 5.28. The number of pyridine rings is 2. The van der Waals surface area contributed by atoms with Gasteiger partial charge in [0.05, 0.1) is 11.4 Å². The molecule has 4 heteroatoms. The minimum absolute atomic E-state index is 0.632. The minimum Gasteiger partial charge on any atom is -0.264 e. The van der Waals surface area contributed by atoms with Gasteiger partial charge in [0.15, 0.2) is 5.82 Å². The Balaban J connectivity index is 1.19. The maximum Gasteiger partial charge on any atom is 0.162 e. The molecule has 0 aliphatic heterocycles. The second kappa shape index (κ2) is 13.4. The summed E-state index contributed by atoms with van der Waals surface area (Å²) in [5, 5.41) is 6.99. The number of fused-ring (bicyclic) bond motifs is 3. The zero-order valence-electron chi connectivity index (χ0n) is 29.3. The van der Waals surface area contributed by atoms with Crippen LogP contribution in [0, 0.1) is 0 Å². The molecule has 0 amide bonds. The van der Waals surface area contributed by atoms with Crippen LogP contribution in [0.1, 0.15) is 0 Å². The van der Waals surface area contributed by atoms with E-state index in [9.17, 15) is 0 Å². The van der Waals surface area contributed by atoms with Crippen molar-refractivity contribution in [3.8, 4) is 67.3 Å². The normalized spacial score (nSPS) is 11.3. The van der Waals surface area contributed by atoms with Crippen LogP contribution in [0.4, 0.5) is 0 Å². The van der Waals surface area contributed by atoms with Crippen LogP contribution < -0.4 is 0 Å². The van der Waals surface area contributed by atoms with E-state index in [0.717, 1.165) is 55.5 Å². The van der Waals surface area contributed by atoms with E-state index in [1.807, 2.05) is 30.7 Å². The molecule has 0 spiro atoms. The number of benzene rings is 7. The van der Waals surface area contributed by atoms with Crippen LogP contribution in [0.5, 0.6) is 0 Å². The minimum atomic E-state index is 0.632. The van der Waals surface area contributed by atoms with Crippen molar-refractivity contribution in [3.63, 3.8) is 0 Å². The molecule has 0 N–H and O–H groups in total. The molecule has 3 heterocycles. The van der Waals surface area contributed by atoms with Gasteiger partial charge in [0.25, 0.3) is 0 Å². The molecule has 7 aromatic carbocycles. The van der Waals surface area contributed by atoms with Crippen molar-refractivity contribution in [1.29, 1.82) is 0 Å². The lowest BCUT2D eigenvalue weighted by Gasteiger charge is -2.18. The molecule has 54 heavy (non-hydrogen) atoms. The average molecular weight is 689 g/mol. The molecule has 4 nitrogen and oxygen atoms in total. The summed E-state index contributed by atoms with van der Waals surface area (Å²) < 4.78 is 0. The Bertz CT molecular complexity index is 2930. The van der Waals surface area contributed by atoms with Gasteiger partial charge in [-0.3, -0.25) is 9.97 Å². The summed E-state index contributed by atoms with van der Waals surface area (Å²) in [7, 11) is 0. The first-order chi connectivity index (χ1) is 26.8. The molecule has 0 atom stereocenters. The fraction of sp³-hybridized carbons (Fsp3) is 0. The summed E-state index contributed by atoms with van der Waals surface area (Å²) in [5.41, 5.74) is 11.5. The Labute approximate surface area is 313 Å². The molecule has 10 rings (SSSR count). The molecule has 0 aliphatic rings. The van der Waals surface area contributed by atoms with E-state index in [1.165, 1.54) is 38.2 Å². The Morgan fingerprint density at radius 3 is 1.48 bits per heavy atom. The summed E-state index contributed by atoms with van der Waals surface area (Å²) in [6.07, 6.45) is 7.46.